The first-order chi connectivity index (χ1) is 4.13. The van der Waals surface area contributed by atoms with Crippen LogP contribution in [0.3, 0.4) is 0 Å². The number of hydrogen-bond acceptors (Lipinski definition) is 4. The van der Waals surface area contributed by atoms with Crippen LogP contribution in [0.2, 0.25) is 0 Å². The summed E-state index contributed by atoms with van der Waals surface area (Å²) >= 11 is 7.66. The van der Waals surface area contributed by atoms with Crippen LogP contribution in [0.1, 0.15) is 0 Å². The summed E-state index contributed by atoms with van der Waals surface area (Å²) < 4.78 is 0. The average Bonchev–Trinajstić information content (AvgIpc) is 1.98. The van der Waals surface area contributed by atoms with Crippen LogP contribution in [0.4, 0.5) is 0 Å². The maximum atomic E-state index is 10.5. The molecule has 3 nitrogen and oxygen atoms in total. The van der Waals surface area contributed by atoms with E-state index in [0.29, 0.717) is 0 Å². The van der Waals surface area contributed by atoms with Crippen LogP contribution in [0.15, 0.2) is 0 Å². The van der Waals surface area contributed by atoms with Crippen molar-refractivity contribution in [3.05, 3.63) is 0 Å². The van der Waals surface area contributed by atoms with E-state index in [1.54, 1.807) is 0 Å². The van der Waals surface area contributed by atoms with Gasteiger partial charge in [0, 0.05) is 0 Å². The molecule has 0 spiro atoms. The van der Waals surface area contributed by atoms with Gasteiger partial charge in [0.05, 0.1) is 0 Å². The van der Waals surface area contributed by atoms with Gasteiger partial charge in [-0.1, -0.05) is 0 Å². The number of carbonyl (C=O) groups excluding carboxylic acids is 2. The molecule has 0 bridgehead atoms. The van der Waals surface area contributed by atoms with Crippen LogP contribution in [-0.4, -0.2) is 22.3 Å². The Bertz CT molecular complexity index is 152. The molecule has 2 atom stereocenters. The summed E-state index contributed by atoms with van der Waals surface area (Å²) in [6, 6.07) is 0. The normalized spacial score (nSPS) is 34.9. The molecule has 50 valence electrons. The number of nitrogens with one attached hydrogen (secondary N) is 1. The fourth-order valence-electron chi connectivity index (χ4n) is 0.556. The lowest BCUT2D eigenvalue weighted by molar-refractivity contribution is -0.124. The Morgan fingerprint density at radius 2 is 1.44 bits per heavy atom. The van der Waals surface area contributed by atoms with Crippen molar-refractivity contribution < 1.29 is 9.59 Å². The summed E-state index contributed by atoms with van der Waals surface area (Å²) in [5, 5.41) is 0.921. The molecule has 1 fully saturated rings. The molecular formula is C4H5NO2S2. The summed E-state index contributed by atoms with van der Waals surface area (Å²) in [5.74, 6) is -0.716. The summed E-state index contributed by atoms with van der Waals surface area (Å²) in [6.45, 7) is 0. The Kier molecular flexibility index (Phi) is 1.72. The maximum Gasteiger partial charge on any atom is 0.241 e. The highest BCUT2D eigenvalue weighted by atomic mass is 32.1. The fourth-order valence-corrected chi connectivity index (χ4v) is 0.956. The van der Waals surface area contributed by atoms with E-state index in [1.807, 2.05) is 0 Å². The van der Waals surface area contributed by atoms with Crippen LogP contribution < -0.4 is 5.32 Å². The van der Waals surface area contributed by atoms with E-state index in [1.165, 1.54) is 0 Å². The van der Waals surface area contributed by atoms with Crippen molar-refractivity contribution in [3.8, 4) is 0 Å². The lowest BCUT2D eigenvalue weighted by Gasteiger charge is -1.97. The Morgan fingerprint density at radius 1 is 1.11 bits per heavy atom. The molecule has 9 heavy (non-hydrogen) atoms. The number of hydrogen-bond donors (Lipinski definition) is 3. The summed E-state index contributed by atoms with van der Waals surface area (Å²) in [6.07, 6.45) is 0. The van der Waals surface area contributed by atoms with Gasteiger partial charge in [0.25, 0.3) is 0 Å². The molecule has 0 aromatic rings. The van der Waals surface area contributed by atoms with E-state index in [0.717, 1.165) is 0 Å². The third-order valence-electron chi connectivity index (χ3n) is 1.08. The number of rotatable bonds is 0. The van der Waals surface area contributed by atoms with Gasteiger partial charge in [-0.05, 0) is 0 Å². The summed E-state index contributed by atoms with van der Waals surface area (Å²) in [4.78, 5) is 21.1. The van der Waals surface area contributed by atoms with E-state index in [2.05, 4.69) is 30.6 Å². The molecule has 1 N–H and O–H groups in total. The van der Waals surface area contributed by atoms with Gasteiger partial charge in [-0.25, -0.2) is 0 Å². The summed E-state index contributed by atoms with van der Waals surface area (Å²) in [7, 11) is 0. The predicted octanol–water partition coefficient (Wildman–Crippen LogP) is -0.760. The van der Waals surface area contributed by atoms with Crippen LogP contribution in [0.25, 0.3) is 0 Å². The van der Waals surface area contributed by atoms with E-state index in [4.69, 9.17) is 0 Å². The Balaban J connectivity index is 2.77. The second kappa shape index (κ2) is 2.22. The van der Waals surface area contributed by atoms with Gasteiger partial charge in [-0.3, -0.25) is 14.9 Å². The Morgan fingerprint density at radius 3 is 1.56 bits per heavy atom. The minimum atomic E-state index is -0.583. The fraction of sp³-hybridized carbons (Fsp3) is 0.500. The maximum absolute atomic E-state index is 10.5. The monoisotopic (exact) mass is 163 g/mol. The second-order valence-electron chi connectivity index (χ2n) is 1.74. The third kappa shape index (κ3) is 1.07. The highest BCUT2D eigenvalue weighted by molar-refractivity contribution is 7.86. The highest BCUT2D eigenvalue weighted by Gasteiger charge is 2.36. The topological polar surface area (TPSA) is 46.2 Å². The third-order valence-corrected chi connectivity index (χ3v) is 2.38. The quantitative estimate of drug-likeness (QED) is 0.325. The number of amides is 2. The van der Waals surface area contributed by atoms with Crippen molar-refractivity contribution in [2.45, 2.75) is 10.5 Å². The molecule has 0 aromatic heterocycles. The largest absolute Gasteiger partial charge is 0.294 e. The molecule has 0 radical (unpaired) electrons. The standard InChI is InChI=1S/C4H5NO2S2/c6-3-1(8)2(9)4(7)5-3/h1-2,8-9H,(H,5,6,7)/t1-,2-/m0/s1. The van der Waals surface area contributed by atoms with Gasteiger partial charge in [0.1, 0.15) is 10.5 Å². The van der Waals surface area contributed by atoms with E-state index in [-0.39, 0.29) is 11.8 Å². The lowest BCUT2D eigenvalue weighted by Crippen LogP contribution is -2.22. The predicted molar refractivity (Wildman–Crippen MR) is 38.7 cm³/mol. The molecule has 1 aliphatic heterocycles. The SMILES string of the molecule is O=C1NC(=O)[C@@H](S)[C@@H]1S. The van der Waals surface area contributed by atoms with E-state index >= 15 is 0 Å². The van der Waals surface area contributed by atoms with Gasteiger partial charge in [0.2, 0.25) is 11.8 Å². The Hall–Kier alpha value is -0.160. The summed E-state index contributed by atoms with van der Waals surface area (Å²) in [5.41, 5.74) is 0. The zero-order valence-corrected chi connectivity index (χ0v) is 6.15. The molecule has 0 aromatic carbocycles. The minimum absolute atomic E-state index is 0.358. The first-order valence-electron chi connectivity index (χ1n) is 2.34. The zero-order chi connectivity index (χ0) is 7.02. The van der Waals surface area contributed by atoms with Crippen LogP contribution in [0.5, 0.6) is 0 Å². The zero-order valence-electron chi connectivity index (χ0n) is 4.37. The number of imide groups is 1. The lowest BCUT2D eigenvalue weighted by atomic mass is 10.3. The minimum Gasteiger partial charge on any atom is -0.294 e. The molecular weight excluding hydrogens is 158 g/mol. The smallest absolute Gasteiger partial charge is 0.241 e. The first-order valence-corrected chi connectivity index (χ1v) is 3.37. The Labute approximate surface area is 63.0 Å². The van der Waals surface area contributed by atoms with Crippen molar-refractivity contribution in [3.63, 3.8) is 0 Å². The van der Waals surface area contributed by atoms with Crippen molar-refractivity contribution in [2.75, 3.05) is 0 Å². The van der Waals surface area contributed by atoms with Crippen LogP contribution in [-0.2, 0) is 9.59 Å². The number of carbonyl (C=O) groups is 2. The van der Waals surface area contributed by atoms with Crippen molar-refractivity contribution in [2.24, 2.45) is 0 Å². The van der Waals surface area contributed by atoms with Gasteiger partial charge >= 0.3 is 0 Å². The second-order valence-corrected chi connectivity index (χ2v) is 2.86. The van der Waals surface area contributed by atoms with Gasteiger partial charge in [-0.15, -0.1) is 0 Å². The van der Waals surface area contributed by atoms with E-state index < -0.39 is 10.5 Å². The highest BCUT2D eigenvalue weighted by Crippen LogP contribution is 2.14. The van der Waals surface area contributed by atoms with Crippen molar-refractivity contribution >= 4 is 37.1 Å². The van der Waals surface area contributed by atoms with Gasteiger partial charge < -0.3 is 0 Å². The van der Waals surface area contributed by atoms with Crippen LogP contribution >= 0.6 is 25.3 Å². The molecule has 1 saturated heterocycles. The molecule has 5 heteroatoms. The molecule has 0 aliphatic carbocycles. The molecule has 0 unspecified atom stereocenters. The molecule has 2 amide bonds. The van der Waals surface area contributed by atoms with Crippen molar-refractivity contribution in [1.82, 2.24) is 5.32 Å². The molecule has 1 heterocycles. The first kappa shape index (κ1) is 6.95. The number of thiol groups is 2. The van der Waals surface area contributed by atoms with Gasteiger partial charge in [0.15, 0.2) is 0 Å². The van der Waals surface area contributed by atoms with E-state index in [9.17, 15) is 9.59 Å². The molecule has 0 saturated carbocycles. The molecule has 1 aliphatic rings. The van der Waals surface area contributed by atoms with Crippen LogP contribution in [0, 0.1) is 0 Å². The average molecular weight is 163 g/mol. The van der Waals surface area contributed by atoms with Crippen molar-refractivity contribution in [1.29, 1.82) is 0 Å². The molecule has 1 rings (SSSR count). The van der Waals surface area contributed by atoms with Gasteiger partial charge in [-0.2, -0.15) is 25.3 Å².